The van der Waals surface area contributed by atoms with E-state index < -0.39 is 28.5 Å². The number of likely N-dealkylation sites (N-methyl/N-ethyl adjacent to an activating group) is 1. The maximum absolute atomic E-state index is 13.1. The van der Waals surface area contributed by atoms with Crippen LogP contribution in [0.25, 0.3) is 0 Å². The third kappa shape index (κ3) is 7.45. The molecular weight excluding hydrogens is 445 g/mol. The second-order valence-electron chi connectivity index (χ2n) is 6.90. The Morgan fingerprint density at radius 1 is 1.09 bits per heavy atom. The number of anilines is 2. The Bertz CT molecular complexity index is 1010. The predicted octanol–water partition coefficient (Wildman–Crippen LogP) is 3.91. The number of ether oxygens (including phenoxy) is 1. The number of methoxy groups -OCH3 is 1. The molecule has 9 nitrogen and oxygen atoms in total. The van der Waals surface area contributed by atoms with Gasteiger partial charge in [-0.2, -0.15) is 13.2 Å². The van der Waals surface area contributed by atoms with Gasteiger partial charge >= 0.3 is 6.18 Å². The Morgan fingerprint density at radius 2 is 1.76 bits per heavy atom. The van der Waals surface area contributed by atoms with Crippen LogP contribution in [0.2, 0.25) is 0 Å². The lowest BCUT2D eigenvalue weighted by Gasteiger charge is -2.20. The maximum Gasteiger partial charge on any atom is 0.418 e. The minimum absolute atomic E-state index is 0.0634. The molecular formula is C21H23F3N4O5. The number of carbonyl (C=O) groups is 2. The van der Waals surface area contributed by atoms with Gasteiger partial charge in [0.25, 0.3) is 5.69 Å². The number of alkyl halides is 3. The van der Waals surface area contributed by atoms with Gasteiger partial charge in [0.15, 0.2) is 0 Å². The van der Waals surface area contributed by atoms with E-state index in [9.17, 15) is 32.9 Å². The quantitative estimate of drug-likeness (QED) is 0.404. The molecule has 0 aliphatic carbocycles. The number of amides is 2. The third-order valence-corrected chi connectivity index (χ3v) is 4.64. The van der Waals surface area contributed by atoms with Gasteiger partial charge in [0, 0.05) is 25.1 Å². The van der Waals surface area contributed by atoms with Gasteiger partial charge < -0.3 is 15.4 Å². The molecule has 2 N–H and O–H groups in total. The number of hydrogen-bond acceptors (Lipinski definition) is 6. The van der Waals surface area contributed by atoms with Crippen molar-refractivity contribution in [2.24, 2.45) is 0 Å². The van der Waals surface area contributed by atoms with Crippen LogP contribution in [-0.2, 0) is 15.8 Å². The van der Waals surface area contributed by atoms with E-state index in [-0.39, 0.29) is 42.3 Å². The number of nitro benzene ring substituents is 1. The Kier molecular flexibility index (Phi) is 8.74. The highest BCUT2D eigenvalue weighted by Gasteiger charge is 2.33. The van der Waals surface area contributed by atoms with Crippen molar-refractivity contribution in [3.63, 3.8) is 0 Å². The molecule has 0 fully saturated rings. The molecule has 0 radical (unpaired) electrons. The zero-order valence-electron chi connectivity index (χ0n) is 17.9. The zero-order chi connectivity index (χ0) is 24.6. The average Bonchev–Trinajstić information content (AvgIpc) is 2.76. The lowest BCUT2D eigenvalue weighted by atomic mass is 10.1. The molecule has 0 atom stereocenters. The molecule has 0 heterocycles. The number of hydrogen-bond donors (Lipinski definition) is 2. The van der Waals surface area contributed by atoms with E-state index in [0.717, 1.165) is 12.1 Å². The van der Waals surface area contributed by atoms with E-state index in [4.69, 9.17) is 4.74 Å². The molecule has 33 heavy (non-hydrogen) atoms. The molecule has 0 spiro atoms. The highest BCUT2D eigenvalue weighted by Crippen LogP contribution is 2.34. The number of nitrogens with one attached hydrogen (secondary N) is 2. The first-order valence-electron chi connectivity index (χ1n) is 9.85. The molecule has 2 amide bonds. The fourth-order valence-electron chi connectivity index (χ4n) is 2.96. The SMILES string of the molecule is CCN(CCC(=O)Nc1cc([N+](=O)[O-])ccc1OC)CC(=O)Nc1ccccc1C(F)(F)F. The molecule has 0 aliphatic rings. The first kappa shape index (κ1) is 25.6. The van der Waals surface area contributed by atoms with E-state index in [1.165, 1.54) is 37.4 Å². The standard InChI is InChI=1S/C21H23F3N4O5/c1-3-27(13-20(30)25-16-7-5-4-6-15(16)21(22,23)24)11-10-19(29)26-17-12-14(28(31)32)8-9-18(17)33-2/h4-9,12H,3,10-11,13H2,1-2H3,(H,25,30)(H,26,29). The van der Waals surface area contributed by atoms with Crippen LogP contribution in [0.5, 0.6) is 5.75 Å². The number of nitro groups is 1. The number of halogens is 3. The fraction of sp³-hybridized carbons (Fsp3) is 0.333. The Morgan fingerprint density at radius 3 is 2.36 bits per heavy atom. The largest absolute Gasteiger partial charge is 0.495 e. The van der Waals surface area contributed by atoms with Gasteiger partial charge in [-0.05, 0) is 24.7 Å². The summed E-state index contributed by atoms with van der Waals surface area (Å²) in [5.41, 5.74) is -1.40. The molecule has 0 saturated carbocycles. The van der Waals surface area contributed by atoms with Crippen LogP contribution in [0.3, 0.4) is 0 Å². The predicted molar refractivity (Wildman–Crippen MR) is 115 cm³/mol. The topological polar surface area (TPSA) is 114 Å². The highest BCUT2D eigenvalue weighted by atomic mass is 19.4. The highest BCUT2D eigenvalue weighted by molar-refractivity contribution is 5.94. The van der Waals surface area contributed by atoms with E-state index in [1.807, 2.05) is 0 Å². The minimum Gasteiger partial charge on any atom is -0.495 e. The summed E-state index contributed by atoms with van der Waals surface area (Å²) in [7, 11) is 1.35. The summed E-state index contributed by atoms with van der Waals surface area (Å²) in [5.74, 6) is -0.895. The van der Waals surface area contributed by atoms with Crippen LogP contribution >= 0.6 is 0 Å². The van der Waals surface area contributed by atoms with Gasteiger partial charge in [-0.1, -0.05) is 19.1 Å². The van der Waals surface area contributed by atoms with Gasteiger partial charge in [0.1, 0.15) is 5.75 Å². The maximum atomic E-state index is 13.1. The molecule has 2 aromatic rings. The molecule has 2 rings (SSSR count). The van der Waals surface area contributed by atoms with E-state index in [1.54, 1.807) is 11.8 Å². The van der Waals surface area contributed by atoms with Gasteiger partial charge in [-0.3, -0.25) is 24.6 Å². The molecule has 0 unspecified atom stereocenters. The summed E-state index contributed by atoms with van der Waals surface area (Å²) < 4.78 is 44.4. The van der Waals surface area contributed by atoms with E-state index in [0.29, 0.717) is 6.54 Å². The Labute approximate surface area is 187 Å². The van der Waals surface area contributed by atoms with Crippen molar-refractivity contribution in [3.05, 3.63) is 58.1 Å². The lowest BCUT2D eigenvalue weighted by molar-refractivity contribution is -0.384. The summed E-state index contributed by atoms with van der Waals surface area (Å²) in [6.45, 7) is 2.00. The van der Waals surface area contributed by atoms with Crippen LogP contribution in [0.15, 0.2) is 42.5 Å². The third-order valence-electron chi connectivity index (χ3n) is 4.64. The average molecular weight is 468 g/mol. The Hall–Kier alpha value is -3.67. The van der Waals surface area contributed by atoms with Gasteiger partial charge in [-0.25, -0.2) is 0 Å². The second kappa shape index (κ2) is 11.3. The van der Waals surface area contributed by atoms with Crippen molar-refractivity contribution in [2.45, 2.75) is 19.5 Å². The summed E-state index contributed by atoms with van der Waals surface area (Å²) in [6, 6.07) is 8.41. The van der Waals surface area contributed by atoms with Crippen LogP contribution in [-0.4, -0.2) is 48.4 Å². The summed E-state index contributed by atoms with van der Waals surface area (Å²) in [5, 5.41) is 15.7. The van der Waals surface area contributed by atoms with Crippen molar-refractivity contribution in [1.29, 1.82) is 0 Å². The zero-order valence-corrected chi connectivity index (χ0v) is 17.9. The first-order chi connectivity index (χ1) is 15.5. The number of non-ortho nitro benzene ring substituents is 1. The van der Waals surface area contributed by atoms with Crippen LogP contribution in [0.4, 0.5) is 30.2 Å². The molecule has 0 saturated heterocycles. The smallest absolute Gasteiger partial charge is 0.418 e. The van der Waals surface area contributed by atoms with Crippen LogP contribution in [0, 0.1) is 10.1 Å². The Balaban J connectivity index is 1.96. The number of carbonyl (C=O) groups excluding carboxylic acids is 2. The van der Waals surface area contributed by atoms with E-state index in [2.05, 4.69) is 10.6 Å². The summed E-state index contributed by atoms with van der Waals surface area (Å²) in [6.07, 6.45) is -4.67. The molecule has 0 aromatic heterocycles. The van der Waals surface area contributed by atoms with Crippen LogP contribution in [0.1, 0.15) is 18.9 Å². The number of nitrogens with zero attached hydrogens (tertiary/aromatic N) is 2. The second-order valence-corrected chi connectivity index (χ2v) is 6.90. The van der Waals surface area contributed by atoms with E-state index >= 15 is 0 Å². The van der Waals surface area contributed by atoms with Crippen molar-refractivity contribution in [1.82, 2.24) is 4.90 Å². The molecule has 0 bridgehead atoms. The fourth-order valence-corrected chi connectivity index (χ4v) is 2.96. The number of para-hydroxylation sites is 1. The van der Waals surface area contributed by atoms with Crippen molar-refractivity contribution in [2.75, 3.05) is 37.4 Å². The molecule has 0 aliphatic heterocycles. The molecule has 12 heteroatoms. The number of rotatable bonds is 10. The monoisotopic (exact) mass is 468 g/mol. The van der Waals surface area contributed by atoms with Gasteiger partial charge in [0.05, 0.1) is 35.5 Å². The summed E-state index contributed by atoms with van der Waals surface area (Å²) >= 11 is 0. The van der Waals surface area contributed by atoms with Crippen molar-refractivity contribution in [3.8, 4) is 5.75 Å². The molecule has 178 valence electrons. The van der Waals surface area contributed by atoms with Crippen molar-refractivity contribution < 1.29 is 32.4 Å². The summed E-state index contributed by atoms with van der Waals surface area (Å²) in [4.78, 5) is 36.5. The van der Waals surface area contributed by atoms with Gasteiger partial charge in [-0.15, -0.1) is 0 Å². The van der Waals surface area contributed by atoms with Crippen LogP contribution < -0.4 is 15.4 Å². The number of benzene rings is 2. The lowest BCUT2D eigenvalue weighted by Crippen LogP contribution is -2.35. The molecule has 2 aromatic carbocycles. The normalized spacial score (nSPS) is 11.2. The van der Waals surface area contributed by atoms with Gasteiger partial charge in [0.2, 0.25) is 11.8 Å². The first-order valence-corrected chi connectivity index (χ1v) is 9.85. The minimum atomic E-state index is -4.61. The van der Waals surface area contributed by atoms with Crippen molar-refractivity contribution >= 4 is 28.9 Å².